The van der Waals surface area contributed by atoms with Crippen molar-refractivity contribution < 1.29 is 14.6 Å². The Bertz CT molecular complexity index is 678. The Morgan fingerprint density at radius 1 is 1.32 bits per heavy atom. The van der Waals surface area contributed by atoms with Crippen molar-refractivity contribution in [2.45, 2.75) is 78.1 Å². The summed E-state index contributed by atoms with van der Waals surface area (Å²) in [5.41, 5.74) is 3.84. The van der Waals surface area contributed by atoms with Gasteiger partial charge in [0, 0.05) is 12.3 Å². The molecule has 0 amide bonds. The van der Waals surface area contributed by atoms with Crippen molar-refractivity contribution >= 4 is 5.97 Å². The molecule has 3 heteroatoms. The molecule has 3 atom stereocenters. The lowest BCUT2D eigenvalue weighted by Gasteiger charge is -2.55. The van der Waals surface area contributed by atoms with E-state index in [1.165, 1.54) is 18.1 Å². The molecule has 0 heterocycles. The van der Waals surface area contributed by atoms with Gasteiger partial charge < -0.3 is 9.84 Å². The summed E-state index contributed by atoms with van der Waals surface area (Å²) in [6.07, 6.45) is 5.55. The van der Waals surface area contributed by atoms with Gasteiger partial charge in [0.05, 0.1) is 6.61 Å². The third-order valence-electron chi connectivity index (χ3n) is 6.85. The number of aromatic hydroxyl groups is 1. The van der Waals surface area contributed by atoms with Gasteiger partial charge >= 0.3 is 5.97 Å². The average molecular weight is 344 g/mol. The minimum absolute atomic E-state index is 0.0166. The second kappa shape index (κ2) is 6.34. The number of carbonyl (C=O) groups excluding carboxylic acids is 1. The van der Waals surface area contributed by atoms with Gasteiger partial charge in [-0.3, -0.25) is 4.79 Å². The van der Waals surface area contributed by atoms with Crippen LogP contribution in [0.2, 0.25) is 0 Å². The molecule has 1 fully saturated rings. The van der Waals surface area contributed by atoms with Gasteiger partial charge in [-0.15, -0.1) is 0 Å². The van der Waals surface area contributed by atoms with Crippen LogP contribution in [0.1, 0.15) is 82.9 Å². The van der Waals surface area contributed by atoms with Crippen molar-refractivity contribution in [3.05, 3.63) is 28.8 Å². The summed E-state index contributed by atoms with van der Waals surface area (Å²) in [4.78, 5) is 11.4. The fraction of sp³-hybridized carbons (Fsp3) is 0.682. The van der Waals surface area contributed by atoms with E-state index in [9.17, 15) is 9.90 Å². The largest absolute Gasteiger partial charge is 0.508 e. The molecule has 3 rings (SSSR count). The first kappa shape index (κ1) is 18.3. The van der Waals surface area contributed by atoms with Crippen LogP contribution < -0.4 is 0 Å². The van der Waals surface area contributed by atoms with Crippen LogP contribution in [-0.2, 0) is 21.4 Å². The number of carbonyl (C=O) groups is 1. The molecular formula is C22H32O3. The zero-order valence-electron chi connectivity index (χ0n) is 16.3. The lowest BCUT2D eigenvalue weighted by molar-refractivity contribution is -0.148. The Kier molecular flexibility index (Phi) is 4.63. The van der Waals surface area contributed by atoms with E-state index < -0.39 is 0 Å². The van der Waals surface area contributed by atoms with E-state index in [4.69, 9.17) is 4.74 Å². The summed E-state index contributed by atoms with van der Waals surface area (Å²) in [7, 11) is 0. The van der Waals surface area contributed by atoms with Crippen LogP contribution in [0.15, 0.2) is 12.1 Å². The Labute approximate surface area is 151 Å². The van der Waals surface area contributed by atoms with Crippen LogP contribution in [0.5, 0.6) is 5.75 Å². The van der Waals surface area contributed by atoms with E-state index in [2.05, 4.69) is 33.8 Å². The van der Waals surface area contributed by atoms with Gasteiger partial charge in [0.2, 0.25) is 0 Å². The highest BCUT2D eigenvalue weighted by atomic mass is 16.5. The van der Waals surface area contributed by atoms with Crippen LogP contribution in [0.4, 0.5) is 0 Å². The van der Waals surface area contributed by atoms with Gasteiger partial charge in [0.15, 0.2) is 0 Å². The maximum absolute atomic E-state index is 11.4. The molecule has 0 bridgehead atoms. The highest BCUT2D eigenvalue weighted by molar-refractivity contribution is 5.65. The maximum atomic E-state index is 11.4. The second-order valence-electron chi connectivity index (χ2n) is 9.02. The van der Waals surface area contributed by atoms with E-state index >= 15 is 0 Å². The van der Waals surface area contributed by atoms with Crippen LogP contribution in [0, 0.1) is 11.3 Å². The smallest absolute Gasteiger partial charge is 0.302 e. The number of fused-ring (bicyclic) bond motifs is 3. The number of hydrogen-bond acceptors (Lipinski definition) is 3. The van der Waals surface area contributed by atoms with Crippen molar-refractivity contribution in [3.63, 3.8) is 0 Å². The Hall–Kier alpha value is -1.51. The van der Waals surface area contributed by atoms with Gasteiger partial charge in [0.1, 0.15) is 5.75 Å². The molecule has 2 aliphatic rings. The molecule has 1 aromatic carbocycles. The second-order valence-corrected chi connectivity index (χ2v) is 9.02. The van der Waals surface area contributed by atoms with Crippen molar-refractivity contribution in [1.29, 1.82) is 0 Å². The average Bonchev–Trinajstić information content (AvgIpc) is 2.53. The topological polar surface area (TPSA) is 46.5 Å². The van der Waals surface area contributed by atoms with Crippen LogP contribution in [0.25, 0.3) is 0 Å². The highest BCUT2D eigenvalue weighted by Crippen LogP contribution is 2.58. The number of hydrogen-bond donors (Lipinski definition) is 1. The summed E-state index contributed by atoms with van der Waals surface area (Å²) in [6.45, 7) is 10.9. The number of esters is 1. The molecule has 1 aromatic rings. The Morgan fingerprint density at radius 2 is 2.04 bits per heavy atom. The molecule has 3 nitrogen and oxygen atoms in total. The first-order valence-corrected chi connectivity index (χ1v) is 9.67. The van der Waals surface area contributed by atoms with Gasteiger partial charge in [-0.25, -0.2) is 0 Å². The number of ether oxygens (including phenoxy) is 1. The number of phenolic OH excluding ortho intramolecular Hbond substituents is 1. The third-order valence-corrected chi connectivity index (χ3v) is 6.85. The molecule has 1 saturated carbocycles. The van der Waals surface area contributed by atoms with Crippen LogP contribution >= 0.6 is 0 Å². The number of benzene rings is 1. The first-order chi connectivity index (χ1) is 11.7. The monoisotopic (exact) mass is 344 g/mol. The van der Waals surface area contributed by atoms with Crippen molar-refractivity contribution in [2.24, 2.45) is 11.3 Å². The molecule has 25 heavy (non-hydrogen) atoms. The van der Waals surface area contributed by atoms with Gasteiger partial charge in [-0.1, -0.05) is 40.2 Å². The summed E-state index contributed by atoms with van der Waals surface area (Å²) in [5, 5.41) is 10.6. The fourth-order valence-electron chi connectivity index (χ4n) is 5.56. The molecule has 3 unspecified atom stereocenters. The number of phenols is 1. The predicted molar refractivity (Wildman–Crippen MR) is 99.9 cm³/mol. The Balaban J connectivity index is 2.01. The van der Waals surface area contributed by atoms with Crippen molar-refractivity contribution in [2.75, 3.05) is 6.61 Å². The zero-order chi connectivity index (χ0) is 18.4. The summed E-state index contributed by atoms with van der Waals surface area (Å²) < 4.78 is 5.45. The molecule has 138 valence electrons. The lowest BCUT2D eigenvalue weighted by Crippen LogP contribution is -2.51. The van der Waals surface area contributed by atoms with Crippen LogP contribution in [0.3, 0.4) is 0 Å². The van der Waals surface area contributed by atoms with E-state index in [0.717, 1.165) is 37.7 Å². The molecule has 2 aliphatic carbocycles. The standard InChI is InChI=1S/C22H32O3/c1-14(2)17-11-16-7-8-20-21(4,13-25-15(3)23)9-6-10-22(20,5)18(16)12-19(17)24/h11-12,14,20,24H,6-10,13H2,1-5H3. The van der Waals surface area contributed by atoms with E-state index in [1.54, 1.807) is 0 Å². The molecule has 0 saturated heterocycles. The van der Waals surface area contributed by atoms with Crippen molar-refractivity contribution in [3.8, 4) is 5.75 Å². The van der Waals surface area contributed by atoms with E-state index in [-0.39, 0.29) is 16.8 Å². The number of rotatable bonds is 3. The van der Waals surface area contributed by atoms with E-state index in [1.807, 2.05) is 6.07 Å². The molecular weight excluding hydrogens is 312 g/mol. The van der Waals surface area contributed by atoms with Gasteiger partial charge in [0.25, 0.3) is 0 Å². The van der Waals surface area contributed by atoms with Crippen LogP contribution in [-0.4, -0.2) is 17.7 Å². The van der Waals surface area contributed by atoms with Crippen molar-refractivity contribution in [1.82, 2.24) is 0 Å². The quantitative estimate of drug-likeness (QED) is 0.777. The molecule has 1 N–H and O–H groups in total. The van der Waals surface area contributed by atoms with Gasteiger partial charge in [-0.2, -0.15) is 0 Å². The molecule has 0 radical (unpaired) electrons. The minimum atomic E-state index is -0.191. The van der Waals surface area contributed by atoms with Gasteiger partial charge in [-0.05, 0) is 65.7 Å². The normalized spacial score (nSPS) is 31.4. The minimum Gasteiger partial charge on any atom is -0.508 e. The Morgan fingerprint density at radius 3 is 2.68 bits per heavy atom. The zero-order valence-corrected chi connectivity index (χ0v) is 16.3. The summed E-state index contributed by atoms with van der Waals surface area (Å²) in [6, 6.07) is 4.27. The molecule has 0 aromatic heterocycles. The van der Waals surface area contributed by atoms with E-state index in [0.29, 0.717) is 24.2 Å². The SMILES string of the molecule is CC(=O)OCC1(C)CCCC2(C)c3cc(O)c(C(C)C)cc3CCC12. The molecule has 0 spiro atoms. The predicted octanol–water partition coefficient (Wildman–Crippen LogP) is 5.09. The molecule has 0 aliphatic heterocycles. The third kappa shape index (κ3) is 3.07. The lowest BCUT2D eigenvalue weighted by atomic mass is 9.50. The highest BCUT2D eigenvalue weighted by Gasteiger charge is 2.52. The maximum Gasteiger partial charge on any atom is 0.302 e. The fourth-order valence-corrected chi connectivity index (χ4v) is 5.56. The first-order valence-electron chi connectivity index (χ1n) is 9.67. The number of aryl methyl sites for hydroxylation is 1. The summed E-state index contributed by atoms with van der Waals surface area (Å²) >= 11 is 0. The summed E-state index contributed by atoms with van der Waals surface area (Å²) in [5.74, 6) is 1.05.